The topological polar surface area (TPSA) is 49.3 Å². The summed E-state index contributed by atoms with van der Waals surface area (Å²) < 4.78 is 0. The lowest BCUT2D eigenvalue weighted by atomic mass is 9.70. The highest BCUT2D eigenvalue weighted by Gasteiger charge is 2.37. The van der Waals surface area contributed by atoms with Crippen LogP contribution in [0.1, 0.15) is 46.5 Å². The zero-order valence-electron chi connectivity index (χ0n) is 11.6. The quantitative estimate of drug-likeness (QED) is 0.810. The van der Waals surface area contributed by atoms with E-state index in [9.17, 15) is 4.79 Å². The van der Waals surface area contributed by atoms with E-state index in [1.807, 2.05) is 0 Å². The summed E-state index contributed by atoms with van der Waals surface area (Å²) in [6.45, 7) is 7.00. The van der Waals surface area contributed by atoms with E-state index in [4.69, 9.17) is 5.11 Å². The van der Waals surface area contributed by atoms with Crippen molar-refractivity contribution in [2.75, 3.05) is 5.75 Å². The number of carboxylic acids is 1. The van der Waals surface area contributed by atoms with E-state index >= 15 is 0 Å². The van der Waals surface area contributed by atoms with Crippen molar-refractivity contribution in [2.45, 2.75) is 57.9 Å². The molecule has 1 saturated heterocycles. The second-order valence-electron chi connectivity index (χ2n) is 6.79. The first-order valence-corrected chi connectivity index (χ1v) is 8.03. The molecule has 0 aromatic carbocycles. The molecule has 1 aliphatic heterocycles. The lowest BCUT2D eigenvalue weighted by Crippen LogP contribution is -2.41. The minimum atomic E-state index is -0.701. The number of rotatable bonds is 2. The first-order valence-electron chi connectivity index (χ1n) is 6.98. The fraction of sp³-hybridized carbons (Fsp3) is 0.929. The minimum Gasteiger partial charge on any atom is -0.480 e. The van der Waals surface area contributed by atoms with Crippen LogP contribution in [-0.2, 0) is 4.79 Å². The highest BCUT2D eigenvalue weighted by molar-refractivity contribution is 8.00. The highest BCUT2D eigenvalue weighted by atomic mass is 32.2. The number of carbonyl (C=O) groups is 1. The van der Waals surface area contributed by atoms with Gasteiger partial charge in [0.05, 0.1) is 5.37 Å². The maximum atomic E-state index is 10.9. The smallest absolute Gasteiger partial charge is 0.321 e. The van der Waals surface area contributed by atoms with Crippen LogP contribution in [0.15, 0.2) is 0 Å². The Bertz CT molecular complexity index is 305. The molecule has 4 heteroatoms. The van der Waals surface area contributed by atoms with E-state index in [2.05, 4.69) is 26.1 Å². The summed E-state index contributed by atoms with van der Waals surface area (Å²) in [6, 6.07) is -0.333. The Morgan fingerprint density at radius 1 is 1.22 bits per heavy atom. The van der Waals surface area contributed by atoms with Gasteiger partial charge in [-0.2, -0.15) is 0 Å². The molecule has 2 fully saturated rings. The Hall–Kier alpha value is -0.220. The second kappa shape index (κ2) is 5.41. The average Bonchev–Trinajstić information content (AvgIpc) is 2.77. The Kier molecular flexibility index (Phi) is 4.27. The van der Waals surface area contributed by atoms with E-state index < -0.39 is 5.97 Å². The first kappa shape index (κ1) is 14.2. The third-order valence-corrected chi connectivity index (χ3v) is 5.94. The van der Waals surface area contributed by atoms with Crippen molar-refractivity contribution in [3.63, 3.8) is 0 Å². The molecule has 0 radical (unpaired) electrons. The maximum absolute atomic E-state index is 10.9. The Morgan fingerprint density at radius 3 is 2.28 bits per heavy atom. The van der Waals surface area contributed by atoms with Gasteiger partial charge in [0.25, 0.3) is 0 Å². The van der Waals surface area contributed by atoms with Gasteiger partial charge in [-0.1, -0.05) is 20.8 Å². The normalized spacial score (nSPS) is 37.7. The van der Waals surface area contributed by atoms with Crippen LogP contribution >= 0.6 is 11.8 Å². The van der Waals surface area contributed by atoms with Crippen molar-refractivity contribution in [3.8, 4) is 0 Å². The third kappa shape index (κ3) is 3.21. The molecule has 2 N–H and O–H groups in total. The summed E-state index contributed by atoms with van der Waals surface area (Å²) in [5, 5.41) is 12.6. The summed E-state index contributed by atoms with van der Waals surface area (Å²) in [4.78, 5) is 10.9. The summed E-state index contributed by atoms with van der Waals surface area (Å²) in [6.07, 6.45) is 5.09. The molecule has 3 nitrogen and oxygen atoms in total. The van der Waals surface area contributed by atoms with Gasteiger partial charge in [-0.3, -0.25) is 10.1 Å². The van der Waals surface area contributed by atoms with Crippen molar-refractivity contribution in [1.29, 1.82) is 0 Å². The molecule has 18 heavy (non-hydrogen) atoms. The van der Waals surface area contributed by atoms with Crippen LogP contribution in [0.4, 0.5) is 0 Å². The molecular formula is C14H25NO2S. The molecule has 0 spiro atoms. The Balaban J connectivity index is 1.82. The number of hydrogen-bond acceptors (Lipinski definition) is 3. The standard InChI is InChI=1S/C14H25NO2S/c1-14(2,3)10-6-4-9(5-7-10)12-15-11(8-18-12)13(16)17/h9-12,15H,4-8H2,1-3H3,(H,16,17)/t9?,10?,11-,12?/m0/s1. The number of nitrogens with one attached hydrogen (secondary N) is 1. The molecule has 104 valence electrons. The zero-order valence-corrected chi connectivity index (χ0v) is 12.4. The maximum Gasteiger partial charge on any atom is 0.321 e. The van der Waals surface area contributed by atoms with E-state index in [0.29, 0.717) is 16.7 Å². The molecule has 1 heterocycles. The summed E-state index contributed by atoms with van der Waals surface area (Å²) in [5.74, 6) is 1.51. The van der Waals surface area contributed by atoms with Crippen LogP contribution in [0, 0.1) is 17.3 Å². The predicted molar refractivity (Wildman–Crippen MR) is 75.7 cm³/mol. The third-order valence-electron chi connectivity index (χ3n) is 4.53. The van der Waals surface area contributed by atoms with Gasteiger partial charge in [-0.05, 0) is 42.9 Å². The number of aliphatic carboxylic acids is 1. The predicted octanol–water partition coefficient (Wildman–Crippen LogP) is 2.95. The summed E-state index contributed by atoms with van der Waals surface area (Å²) >= 11 is 1.80. The zero-order chi connectivity index (χ0) is 13.3. The van der Waals surface area contributed by atoms with Crippen LogP contribution in [0.25, 0.3) is 0 Å². The van der Waals surface area contributed by atoms with Gasteiger partial charge in [0, 0.05) is 5.75 Å². The molecule has 2 atom stereocenters. The van der Waals surface area contributed by atoms with E-state index in [-0.39, 0.29) is 6.04 Å². The van der Waals surface area contributed by atoms with Crippen molar-refractivity contribution in [1.82, 2.24) is 5.32 Å². The fourth-order valence-corrected chi connectivity index (χ4v) is 4.64. The minimum absolute atomic E-state index is 0.333. The second-order valence-corrected chi connectivity index (χ2v) is 7.96. The molecule has 0 amide bonds. The van der Waals surface area contributed by atoms with Crippen molar-refractivity contribution < 1.29 is 9.90 Å². The van der Waals surface area contributed by atoms with Gasteiger partial charge in [0.15, 0.2) is 0 Å². The average molecular weight is 271 g/mol. The van der Waals surface area contributed by atoms with E-state index in [0.717, 1.165) is 11.7 Å². The Morgan fingerprint density at radius 2 is 1.83 bits per heavy atom. The fourth-order valence-electron chi connectivity index (χ4n) is 3.20. The van der Waals surface area contributed by atoms with Crippen molar-refractivity contribution in [2.24, 2.45) is 17.3 Å². The van der Waals surface area contributed by atoms with Crippen LogP contribution < -0.4 is 5.32 Å². The van der Waals surface area contributed by atoms with Gasteiger partial charge in [-0.15, -0.1) is 11.8 Å². The first-order chi connectivity index (χ1) is 8.38. The van der Waals surface area contributed by atoms with Gasteiger partial charge in [0.1, 0.15) is 6.04 Å². The number of hydrogen-bond donors (Lipinski definition) is 2. The molecule has 1 saturated carbocycles. The Labute approximate surface area is 114 Å². The van der Waals surface area contributed by atoms with Gasteiger partial charge >= 0.3 is 5.97 Å². The van der Waals surface area contributed by atoms with Gasteiger partial charge in [0.2, 0.25) is 0 Å². The lowest BCUT2D eigenvalue weighted by molar-refractivity contribution is -0.138. The number of thioether (sulfide) groups is 1. The summed E-state index contributed by atoms with van der Waals surface area (Å²) in [7, 11) is 0. The molecule has 2 aliphatic rings. The van der Waals surface area contributed by atoms with Crippen LogP contribution in [0.3, 0.4) is 0 Å². The molecule has 1 aliphatic carbocycles. The molecule has 0 aromatic rings. The largest absolute Gasteiger partial charge is 0.480 e. The van der Waals surface area contributed by atoms with E-state index in [1.54, 1.807) is 11.8 Å². The van der Waals surface area contributed by atoms with Crippen LogP contribution in [0.2, 0.25) is 0 Å². The molecular weight excluding hydrogens is 246 g/mol. The van der Waals surface area contributed by atoms with Crippen molar-refractivity contribution >= 4 is 17.7 Å². The van der Waals surface area contributed by atoms with Crippen LogP contribution in [0.5, 0.6) is 0 Å². The summed E-state index contributed by atoms with van der Waals surface area (Å²) in [5.41, 5.74) is 0.421. The number of carboxylic acid groups (broad SMARTS) is 1. The lowest BCUT2D eigenvalue weighted by Gasteiger charge is -2.38. The van der Waals surface area contributed by atoms with Gasteiger partial charge in [-0.25, -0.2) is 0 Å². The van der Waals surface area contributed by atoms with E-state index in [1.165, 1.54) is 25.7 Å². The molecule has 0 bridgehead atoms. The SMILES string of the molecule is CC(C)(C)C1CCC(C2N[C@H](C(=O)O)CS2)CC1. The molecule has 0 aromatic heterocycles. The monoisotopic (exact) mass is 271 g/mol. The molecule has 2 rings (SSSR count). The molecule has 1 unspecified atom stereocenters. The van der Waals surface area contributed by atoms with Gasteiger partial charge < -0.3 is 5.11 Å². The highest BCUT2D eigenvalue weighted by Crippen LogP contribution is 2.43. The van der Waals surface area contributed by atoms with Crippen molar-refractivity contribution in [3.05, 3.63) is 0 Å². The van der Waals surface area contributed by atoms with Crippen LogP contribution in [-0.4, -0.2) is 28.2 Å².